The normalized spacial score (nSPS) is 20.4. The van der Waals surface area contributed by atoms with E-state index >= 15 is 0 Å². The summed E-state index contributed by atoms with van der Waals surface area (Å²) in [5.74, 6) is -1.29. The molecule has 1 saturated heterocycles. The largest absolute Gasteiger partial charge is 0.463 e. The van der Waals surface area contributed by atoms with Gasteiger partial charge in [-0.25, -0.2) is 4.79 Å². The van der Waals surface area contributed by atoms with E-state index in [0.29, 0.717) is 4.57 Å². The lowest BCUT2D eigenvalue weighted by Crippen LogP contribution is -2.45. The number of azide groups is 1. The lowest BCUT2D eigenvalue weighted by molar-refractivity contribution is -0.146. The quantitative estimate of drug-likeness (QED) is 0.314. The highest BCUT2D eigenvalue weighted by Crippen LogP contribution is 2.30. The highest BCUT2D eigenvalue weighted by molar-refractivity contribution is 5.95. The van der Waals surface area contributed by atoms with Crippen molar-refractivity contribution in [2.45, 2.75) is 38.6 Å². The summed E-state index contributed by atoms with van der Waals surface area (Å²) in [6, 6.07) is 7.25. The first-order valence-electron chi connectivity index (χ1n) is 9.11. The van der Waals surface area contributed by atoms with Gasteiger partial charge in [-0.2, -0.15) is 4.57 Å². The summed E-state index contributed by atoms with van der Waals surface area (Å²) in [6.07, 6.45) is -0.284. The molecule has 156 valence electrons. The topological polar surface area (TPSA) is 145 Å². The molecule has 1 aromatic carbocycles. The van der Waals surface area contributed by atoms with Gasteiger partial charge in [-0.1, -0.05) is 23.3 Å². The van der Waals surface area contributed by atoms with Gasteiger partial charge in [0.05, 0.1) is 6.04 Å². The Bertz CT molecular complexity index is 1130. The maximum absolute atomic E-state index is 13.0. The van der Waals surface area contributed by atoms with Crippen LogP contribution in [0.25, 0.3) is 10.4 Å². The number of benzene rings is 1. The second-order valence-electron chi connectivity index (χ2n) is 6.75. The molecule has 0 amide bonds. The van der Waals surface area contributed by atoms with E-state index in [1.807, 2.05) is 0 Å². The number of ether oxygens (including phenoxy) is 2. The van der Waals surface area contributed by atoms with Gasteiger partial charge in [0.1, 0.15) is 18.9 Å². The Morgan fingerprint density at radius 1 is 1.30 bits per heavy atom. The van der Waals surface area contributed by atoms with Gasteiger partial charge in [-0.15, -0.1) is 0 Å². The van der Waals surface area contributed by atoms with E-state index in [9.17, 15) is 19.2 Å². The minimum atomic E-state index is -0.914. The molecule has 3 rings (SSSR count). The summed E-state index contributed by atoms with van der Waals surface area (Å²) < 4.78 is 12.4. The Labute approximate surface area is 170 Å². The Balaban J connectivity index is 2.01. The third-order valence-corrected chi connectivity index (χ3v) is 4.67. The molecule has 1 unspecified atom stereocenters. The molecule has 0 radical (unpaired) electrons. The summed E-state index contributed by atoms with van der Waals surface area (Å²) in [7, 11) is 0. The second-order valence-corrected chi connectivity index (χ2v) is 6.75. The number of carbonyl (C=O) groups is 2. The van der Waals surface area contributed by atoms with Gasteiger partial charge >= 0.3 is 11.7 Å². The number of carbonyl (C=O) groups excluding carboxylic acids is 2. The zero-order chi connectivity index (χ0) is 21.8. The van der Waals surface area contributed by atoms with E-state index in [-0.39, 0.29) is 24.2 Å². The van der Waals surface area contributed by atoms with E-state index < -0.39 is 41.5 Å². The van der Waals surface area contributed by atoms with Crippen molar-refractivity contribution in [1.29, 1.82) is 0 Å². The predicted octanol–water partition coefficient (Wildman–Crippen LogP) is 1.54. The van der Waals surface area contributed by atoms with Crippen LogP contribution in [0, 0.1) is 6.92 Å². The molecule has 3 atom stereocenters. The van der Waals surface area contributed by atoms with Crippen molar-refractivity contribution >= 4 is 11.9 Å². The Kier molecular flexibility index (Phi) is 6.14. The maximum atomic E-state index is 13.0. The number of aromatic nitrogens is 2. The molecule has 11 heteroatoms. The van der Waals surface area contributed by atoms with Crippen molar-refractivity contribution in [2.24, 2.45) is 5.11 Å². The number of hydrogen-bond donors (Lipinski definition) is 0. The lowest BCUT2D eigenvalue weighted by Gasteiger charge is -2.18. The molecule has 2 aromatic rings. The van der Waals surface area contributed by atoms with Crippen LogP contribution in [0.2, 0.25) is 0 Å². The van der Waals surface area contributed by atoms with Crippen LogP contribution in [-0.4, -0.2) is 39.8 Å². The van der Waals surface area contributed by atoms with Crippen LogP contribution in [0.1, 0.15) is 35.5 Å². The van der Waals surface area contributed by atoms with Gasteiger partial charge in [0.2, 0.25) is 0 Å². The average Bonchev–Trinajstić information content (AvgIpc) is 3.12. The standard InChI is InChI=1S/C19H19N5O6/c1-11-9-23(16-8-14(21-22-20)15(30-16)10-29-12(2)25)19(28)24(17(11)26)18(27)13-6-4-3-5-7-13/h3-7,9,14-16H,8,10H2,1-2H3/t14?,15-,16-/m1/s1. The van der Waals surface area contributed by atoms with Crippen molar-refractivity contribution < 1.29 is 19.1 Å². The molecule has 0 N–H and O–H groups in total. The van der Waals surface area contributed by atoms with Crippen LogP contribution in [0.3, 0.4) is 0 Å². The molecule has 1 aliphatic rings. The zero-order valence-electron chi connectivity index (χ0n) is 16.3. The van der Waals surface area contributed by atoms with Gasteiger partial charge in [0.15, 0.2) is 0 Å². The van der Waals surface area contributed by atoms with Gasteiger partial charge in [-0.05, 0) is 24.6 Å². The van der Waals surface area contributed by atoms with Crippen molar-refractivity contribution in [3.05, 3.63) is 78.9 Å². The van der Waals surface area contributed by atoms with Crippen LogP contribution in [0.4, 0.5) is 0 Å². The molecule has 30 heavy (non-hydrogen) atoms. The number of nitrogens with zero attached hydrogens (tertiary/aromatic N) is 5. The molecule has 0 saturated carbocycles. The average molecular weight is 413 g/mol. The van der Waals surface area contributed by atoms with Gasteiger partial charge in [0, 0.05) is 35.6 Å². The Morgan fingerprint density at radius 2 is 2.00 bits per heavy atom. The summed E-state index contributed by atoms with van der Waals surface area (Å²) in [4.78, 5) is 52.2. The molecule has 1 aliphatic heterocycles. The SMILES string of the molecule is CC(=O)OC[C@H]1O[C@@H](n2cc(C)c(=O)n(C(=O)c3ccccc3)c2=O)CC1N=[N+]=[N-]. The van der Waals surface area contributed by atoms with Crippen LogP contribution in [-0.2, 0) is 14.3 Å². The van der Waals surface area contributed by atoms with Crippen LogP contribution >= 0.6 is 0 Å². The third kappa shape index (κ3) is 4.17. The molecule has 2 heterocycles. The summed E-state index contributed by atoms with van der Waals surface area (Å²) in [6.45, 7) is 2.54. The lowest BCUT2D eigenvalue weighted by atomic mass is 10.1. The Morgan fingerprint density at radius 3 is 2.63 bits per heavy atom. The maximum Gasteiger partial charge on any atom is 0.340 e. The summed E-state index contributed by atoms with van der Waals surface area (Å²) >= 11 is 0. The van der Waals surface area contributed by atoms with Crippen LogP contribution in [0.5, 0.6) is 0 Å². The van der Waals surface area contributed by atoms with E-state index in [4.69, 9.17) is 15.0 Å². The molecular weight excluding hydrogens is 394 g/mol. The predicted molar refractivity (Wildman–Crippen MR) is 104 cm³/mol. The minimum Gasteiger partial charge on any atom is -0.463 e. The first-order valence-corrected chi connectivity index (χ1v) is 9.11. The third-order valence-electron chi connectivity index (χ3n) is 4.67. The van der Waals surface area contributed by atoms with Gasteiger partial charge in [-0.3, -0.25) is 19.0 Å². The summed E-state index contributed by atoms with van der Waals surface area (Å²) in [5.41, 5.74) is 7.53. The van der Waals surface area contributed by atoms with Crippen molar-refractivity contribution in [3.8, 4) is 0 Å². The molecule has 11 nitrogen and oxygen atoms in total. The van der Waals surface area contributed by atoms with Crippen molar-refractivity contribution in [2.75, 3.05) is 6.61 Å². The van der Waals surface area contributed by atoms with Crippen molar-refractivity contribution in [1.82, 2.24) is 9.13 Å². The molecule has 1 fully saturated rings. The number of aryl methyl sites for hydroxylation is 1. The fourth-order valence-corrected chi connectivity index (χ4v) is 3.22. The zero-order valence-corrected chi connectivity index (χ0v) is 16.3. The highest BCUT2D eigenvalue weighted by Gasteiger charge is 2.37. The van der Waals surface area contributed by atoms with E-state index in [1.54, 1.807) is 18.2 Å². The fraction of sp³-hybridized carbons (Fsp3) is 0.368. The van der Waals surface area contributed by atoms with Crippen LogP contribution in [0.15, 0.2) is 51.2 Å². The van der Waals surface area contributed by atoms with Gasteiger partial charge < -0.3 is 9.47 Å². The van der Waals surface area contributed by atoms with E-state index in [1.165, 1.54) is 32.2 Å². The number of hydrogen-bond acceptors (Lipinski definition) is 7. The highest BCUT2D eigenvalue weighted by atomic mass is 16.6. The first-order chi connectivity index (χ1) is 14.3. The Hall–Kier alpha value is -3.69. The van der Waals surface area contributed by atoms with E-state index in [0.717, 1.165) is 4.57 Å². The van der Waals surface area contributed by atoms with E-state index in [2.05, 4.69) is 10.0 Å². The smallest absolute Gasteiger partial charge is 0.340 e. The summed E-state index contributed by atoms with van der Waals surface area (Å²) in [5, 5.41) is 3.65. The molecule has 0 bridgehead atoms. The fourth-order valence-electron chi connectivity index (χ4n) is 3.22. The molecular formula is C19H19N5O6. The minimum absolute atomic E-state index is 0.104. The second kappa shape index (κ2) is 8.76. The molecule has 0 aliphatic carbocycles. The number of rotatable bonds is 5. The first kappa shape index (κ1) is 21.0. The van der Waals surface area contributed by atoms with Crippen LogP contribution < -0.4 is 11.2 Å². The number of esters is 1. The molecule has 0 spiro atoms. The molecule has 1 aromatic heterocycles. The van der Waals surface area contributed by atoms with Crippen molar-refractivity contribution in [3.63, 3.8) is 0 Å². The monoisotopic (exact) mass is 413 g/mol. The van der Waals surface area contributed by atoms with Gasteiger partial charge in [0.25, 0.3) is 11.5 Å².